The summed E-state index contributed by atoms with van der Waals surface area (Å²) in [6, 6.07) is 18.6. The molecule has 0 saturated carbocycles. The molecule has 1 N–H and O–H groups in total. The summed E-state index contributed by atoms with van der Waals surface area (Å²) in [5.74, 6) is 0.853. The minimum atomic E-state index is -0.300. The number of halogens is 1. The molecule has 0 radical (unpaired) electrons. The van der Waals surface area contributed by atoms with Crippen LogP contribution in [0.15, 0.2) is 60.7 Å². The van der Waals surface area contributed by atoms with E-state index in [2.05, 4.69) is 10.3 Å². The van der Waals surface area contributed by atoms with Crippen LogP contribution in [0.2, 0.25) is 5.02 Å². The highest BCUT2D eigenvalue weighted by Gasteiger charge is 2.14. The number of rotatable bonds is 7. The molecule has 4 aromatic rings. The Morgan fingerprint density at radius 1 is 1.00 bits per heavy atom. The number of benzene rings is 3. The Labute approximate surface area is 189 Å². The Morgan fingerprint density at radius 2 is 1.71 bits per heavy atom. The SMILES string of the molecule is CCOc1cc(OCC)cc(C(=O)Nc2cc(-c3nc4ccccc4s3)ccc2Cl)c1. The lowest BCUT2D eigenvalue weighted by Gasteiger charge is -2.12. The van der Waals surface area contributed by atoms with E-state index in [1.807, 2.05) is 50.2 Å². The van der Waals surface area contributed by atoms with E-state index in [4.69, 9.17) is 21.1 Å². The van der Waals surface area contributed by atoms with Gasteiger partial charge in [0.2, 0.25) is 0 Å². The predicted molar refractivity (Wildman–Crippen MR) is 127 cm³/mol. The Balaban J connectivity index is 1.63. The zero-order valence-corrected chi connectivity index (χ0v) is 18.7. The summed E-state index contributed by atoms with van der Waals surface area (Å²) >= 11 is 7.97. The fourth-order valence-corrected chi connectivity index (χ4v) is 4.27. The van der Waals surface area contributed by atoms with E-state index < -0.39 is 0 Å². The van der Waals surface area contributed by atoms with Crippen LogP contribution in [0.25, 0.3) is 20.8 Å². The highest BCUT2D eigenvalue weighted by Crippen LogP contribution is 2.34. The smallest absolute Gasteiger partial charge is 0.255 e. The summed E-state index contributed by atoms with van der Waals surface area (Å²) in [5, 5.41) is 4.22. The largest absolute Gasteiger partial charge is 0.494 e. The fraction of sp³-hybridized carbons (Fsp3) is 0.167. The van der Waals surface area contributed by atoms with E-state index in [1.165, 1.54) is 0 Å². The van der Waals surface area contributed by atoms with Gasteiger partial charge in [-0.15, -0.1) is 11.3 Å². The normalized spacial score (nSPS) is 10.8. The number of nitrogens with one attached hydrogen (secondary N) is 1. The van der Waals surface area contributed by atoms with Crippen LogP contribution in [0, 0.1) is 0 Å². The van der Waals surface area contributed by atoms with E-state index in [0.29, 0.717) is 41.0 Å². The van der Waals surface area contributed by atoms with Gasteiger partial charge in [-0.2, -0.15) is 0 Å². The molecule has 0 unspecified atom stereocenters. The van der Waals surface area contributed by atoms with Gasteiger partial charge in [0.1, 0.15) is 16.5 Å². The van der Waals surface area contributed by atoms with Gasteiger partial charge in [-0.05, 0) is 50.2 Å². The number of fused-ring (bicyclic) bond motifs is 1. The van der Waals surface area contributed by atoms with Crippen LogP contribution in [0.4, 0.5) is 5.69 Å². The van der Waals surface area contributed by atoms with Crippen LogP contribution in [-0.4, -0.2) is 24.1 Å². The standard InChI is InChI=1S/C24H21ClN2O3S/c1-3-29-17-11-16(12-18(14-17)30-4-2)23(28)26-21-13-15(9-10-19(21)25)24-27-20-7-5-6-8-22(20)31-24/h5-14H,3-4H2,1-2H3,(H,26,28). The first-order chi connectivity index (χ1) is 15.1. The summed E-state index contributed by atoms with van der Waals surface area (Å²) in [6.07, 6.45) is 0. The zero-order chi connectivity index (χ0) is 21.8. The molecule has 1 aromatic heterocycles. The third-order valence-electron chi connectivity index (χ3n) is 4.52. The van der Waals surface area contributed by atoms with Gasteiger partial charge in [0.25, 0.3) is 5.91 Å². The molecular formula is C24H21ClN2O3S. The molecule has 5 nitrogen and oxygen atoms in total. The van der Waals surface area contributed by atoms with Crippen molar-refractivity contribution in [3.8, 4) is 22.1 Å². The second-order valence-corrected chi connectivity index (χ2v) is 8.13. The summed E-state index contributed by atoms with van der Waals surface area (Å²) in [7, 11) is 0. The summed E-state index contributed by atoms with van der Waals surface area (Å²) in [5.41, 5.74) is 2.78. The molecule has 31 heavy (non-hydrogen) atoms. The van der Waals surface area contributed by atoms with E-state index in [9.17, 15) is 4.79 Å². The first kappa shape index (κ1) is 21.2. The van der Waals surface area contributed by atoms with Gasteiger partial charge in [0, 0.05) is 17.2 Å². The van der Waals surface area contributed by atoms with Gasteiger partial charge >= 0.3 is 0 Å². The third kappa shape index (κ3) is 4.81. The molecule has 0 bridgehead atoms. The van der Waals surface area contributed by atoms with Crippen molar-refractivity contribution in [1.29, 1.82) is 0 Å². The lowest BCUT2D eigenvalue weighted by Crippen LogP contribution is -2.13. The van der Waals surface area contributed by atoms with E-state index >= 15 is 0 Å². The second kappa shape index (κ2) is 9.37. The van der Waals surface area contributed by atoms with Crippen molar-refractivity contribution in [1.82, 2.24) is 4.98 Å². The van der Waals surface area contributed by atoms with Gasteiger partial charge in [0.05, 0.1) is 34.1 Å². The Bertz CT molecular complexity index is 1180. The maximum Gasteiger partial charge on any atom is 0.255 e. The van der Waals surface area contributed by atoms with Crippen LogP contribution >= 0.6 is 22.9 Å². The molecule has 0 aliphatic heterocycles. The number of thiazole rings is 1. The number of hydrogen-bond acceptors (Lipinski definition) is 5. The van der Waals surface area contributed by atoms with Crippen molar-refractivity contribution in [2.24, 2.45) is 0 Å². The van der Waals surface area contributed by atoms with Crippen molar-refractivity contribution in [3.63, 3.8) is 0 Å². The summed E-state index contributed by atoms with van der Waals surface area (Å²) in [4.78, 5) is 17.7. The average molecular weight is 453 g/mol. The summed E-state index contributed by atoms with van der Waals surface area (Å²) < 4.78 is 12.2. The molecule has 0 atom stereocenters. The van der Waals surface area contributed by atoms with Crippen LogP contribution in [0.3, 0.4) is 0 Å². The molecule has 158 valence electrons. The zero-order valence-electron chi connectivity index (χ0n) is 17.1. The van der Waals surface area contributed by atoms with Crippen LogP contribution < -0.4 is 14.8 Å². The Hall–Kier alpha value is -3.09. The molecule has 4 rings (SSSR count). The van der Waals surface area contributed by atoms with Crippen molar-refractivity contribution in [2.45, 2.75) is 13.8 Å². The maximum absolute atomic E-state index is 13.0. The van der Waals surface area contributed by atoms with Gasteiger partial charge < -0.3 is 14.8 Å². The molecule has 0 aliphatic carbocycles. The number of carbonyl (C=O) groups excluding carboxylic acids is 1. The Morgan fingerprint density at radius 3 is 2.39 bits per heavy atom. The average Bonchev–Trinajstić information content (AvgIpc) is 3.20. The minimum absolute atomic E-state index is 0.300. The van der Waals surface area contributed by atoms with Crippen LogP contribution in [-0.2, 0) is 0 Å². The van der Waals surface area contributed by atoms with E-state index in [1.54, 1.807) is 35.6 Å². The lowest BCUT2D eigenvalue weighted by atomic mass is 10.1. The van der Waals surface area contributed by atoms with Gasteiger partial charge in [-0.1, -0.05) is 29.8 Å². The molecule has 1 amide bonds. The van der Waals surface area contributed by atoms with Crippen LogP contribution in [0.1, 0.15) is 24.2 Å². The predicted octanol–water partition coefficient (Wildman–Crippen LogP) is 6.67. The lowest BCUT2D eigenvalue weighted by molar-refractivity contribution is 0.102. The highest BCUT2D eigenvalue weighted by atomic mass is 35.5. The highest BCUT2D eigenvalue weighted by molar-refractivity contribution is 7.21. The summed E-state index contributed by atoms with van der Waals surface area (Å²) in [6.45, 7) is 4.76. The number of hydrogen-bond donors (Lipinski definition) is 1. The molecule has 0 aliphatic rings. The number of carbonyl (C=O) groups is 1. The number of amides is 1. The number of nitrogens with zero attached hydrogens (tertiary/aromatic N) is 1. The van der Waals surface area contributed by atoms with E-state index in [0.717, 1.165) is 20.8 Å². The van der Waals surface area contributed by atoms with Gasteiger partial charge in [-0.3, -0.25) is 4.79 Å². The molecule has 0 saturated heterocycles. The number of aromatic nitrogens is 1. The molecule has 0 spiro atoms. The number of ether oxygens (including phenoxy) is 2. The van der Waals surface area contributed by atoms with Gasteiger partial charge in [0.15, 0.2) is 0 Å². The molecular weight excluding hydrogens is 432 g/mol. The topological polar surface area (TPSA) is 60.5 Å². The third-order valence-corrected chi connectivity index (χ3v) is 5.93. The molecule has 0 fully saturated rings. The minimum Gasteiger partial charge on any atom is -0.494 e. The van der Waals surface area contributed by atoms with Crippen molar-refractivity contribution < 1.29 is 14.3 Å². The van der Waals surface area contributed by atoms with Crippen molar-refractivity contribution in [2.75, 3.05) is 18.5 Å². The maximum atomic E-state index is 13.0. The Kier molecular flexibility index (Phi) is 6.39. The first-order valence-electron chi connectivity index (χ1n) is 9.95. The number of anilines is 1. The molecule has 3 aromatic carbocycles. The fourth-order valence-electron chi connectivity index (χ4n) is 3.15. The molecule has 1 heterocycles. The van der Waals surface area contributed by atoms with Crippen LogP contribution in [0.5, 0.6) is 11.5 Å². The van der Waals surface area contributed by atoms with Gasteiger partial charge in [-0.25, -0.2) is 4.98 Å². The monoisotopic (exact) mass is 452 g/mol. The number of para-hydroxylation sites is 1. The second-order valence-electron chi connectivity index (χ2n) is 6.69. The van der Waals surface area contributed by atoms with Crippen molar-refractivity contribution >= 4 is 44.7 Å². The quantitative estimate of drug-likeness (QED) is 0.340. The van der Waals surface area contributed by atoms with Crippen molar-refractivity contribution in [3.05, 3.63) is 71.2 Å². The molecule has 7 heteroatoms. The van der Waals surface area contributed by atoms with E-state index in [-0.39, 0.29) is 5.91 Å². The first-order valence-corrected chi connectivity index (χ1v) is 11.1.